The summed E-state index contributed by atoms with van der Waals surface area (Å²) in [5.74, 6) is -0.387. The Hall–Kier alpha value is -2.92. The van der Waals surface area contributed by atoms with Crippen molar-refractivity contribution in [3.8, 4) is 16.9 Å². The third kappa shape index (κ3) is 4.26. The summed E-state index contributed by atoms with van der Waals surface area (Å²) in [6, 6.07) is 18.1. The Balaban J connectivity index is 2.04. The molecule has 0 aliphatic rings. The molecule has 1 heterocycles. The van der Waals surface area contributed by atoms with E-state index in [-0.39, 0.29) is 11.7 Å². The van der Waals surface area contributed by atoms with Crippen molar-refractivity contribution in [2.75, 3.05) is 27.2 Å². The van der Waals surface area contributed by atoms with Crippen LogP contribution in [0.5, 0.6) is 0 Å². The predicted molar refractivity (Wildman–Crippen MR) is 107 cm³/mol. The highest BCUT2D eigenvalue weighted by Gasteiger charge is 2.19. The van der Waals surface area contributed by atoms with Crippen LogP contribution < -0.4 is 5.32 Å². The first-order valence-electron chi connectivity index (χ1n) is 8.94. The van der Waals surface area contributed by atoms with Gasteiger partial charge in [-0.2, -0.15) is 0 Å². The van der Waals surface area contributed by atoms with Crippen LogP contribution in [-0.4, -0.2) is 42.6 Å². The van der Waals surface area contributed by atoms with Crippen molar-refractivity contribution < 1.29 is 9.18 Å². The van der Waals surface area contributed by atoms with Crippen molar-refractivity contribution >= 4 is 5.91 Å². The first kappa shape index (κ1) is 18.9. The minimum absolute atomic E-state index is 0.104. The molecule has 5 heteroatoms. The maximum atomic E-state index is 13.4. The number of rotatable bonds is 6. The third-order valence-electron chi connectivity index (χ3n) is 4.49. The Labute approximate surface area is 159 Å². The van der Waals surface area contributed by atoms with E-state index in [4.69, 9.17) is 0 Å². The van der Waals surface area contributed by atoms with Gasteiger partial charge in [0.25, 0.3) is 5.91 Å². The summed E-state index contributed by atoms with van der Waals surface area (Å²) in [6.07, 6.45) is 0. The Morgan fingerprint density at radius 1 is 1.07 bits per heavy atom. The molecule has 0 aliphatic heterocycles. The van der Waals surface area contributed by atoms with Crippen molar-refractivity contribution in [2.45, 2.75) is 6.92 Å². The number of likely N-dealkylation sites (N-methyl/N-ethyl adjacent to an activating group) is 1. The standard InChI is InChI=1S/C22H24FN3O/c1-16-20(22(27)24-13-14-25(2)3)15-21(17-9-11-18(23)12-10-17)26(16)19-7-5-4-6-8-19/h4-12,15H,13-14H2,1-3H3,(H,24,27). The zero-order valence-electron chi connectivity index (χ0n) is 15.9. The highest BCUT2D eigenvalue weighted by molar-refractivity contribution is 5.97. The molecular weight excluding hydrogens is 341 g/mol. The zero-order chi connectivity index (χ0) is 19.4. The van der Waals surface area contributed by atoms with Gasteiger partial charge in [0, 0.05) is 24.5 Å². The number of hydrogen-bond acceptors (Lipinski definition) is 2. The lowest BCUT2D eigenvalue weighted by Gasteiger charge is -2.13. The van der Waals surface area contributed by atoms with E-state index in [0.29, 0.717) is 12.1 Å². The normalized spacial score (nSPS) is 11.0. The molecule has 27 heavy (non-hydrogen) atoms. The molecule has 0 saturated carbocycles. The van der Waals surface area contributed by atoms with Crippen LogP contribution in [0.15, 0.2) is 60.7 Å². The minimum atomic E-state index is -0.282. The molecule has 3 rings (SSSR count). The molecule has 0 aliphatic carbocycles. The number of hydrogen-bond donors (Lipinski definition) is 1. The third-order valence-corrected chi connectivity index (χ3v) is 4.49. The smallest absolute Gasteiger partial charge is 0.253 e. The lowest BCUT2D eigenvalue weighted by Crippen LogP contribution is -2.31. The number of nitrogens with one attached hydrogen (secondary N) is 1. The Morgan fingerprint density at radius 2 is 1.74 bits per heavy atom. The number of aromatic nitrogens is 1. The van der Waals surface area contributed by atoms with Gasteiger partial charge in [-0.25, -0.2) is 4.39 Å². The minimum Gasteiger partial charge on any atom is -0.351 e. The highest BCUT2D eigenvalue weighted by atomic mass is 19.1. The van der Waals surface area contributed by atoms with E-state index in [2.05, 4.69) is 5.32 Å². The van der Waals surface area contributed by atoms with E-state index >= 15 is 0 Å². The molecule has 4 nitrogen and oxygen atoms in total. The number of carbonyl (C=O) groups excluding carboxylic acids is 1. The van der Waals surface area contributed by atoms with Crippen LogP contribution in [0.2, 0.25) is 0 Å². The van der Waals surface area contributed by atoms with E-state index in [0.717, 1.165) is 29.2 Å². The van der Waals surface area contributed by atoms with Gasteiger partial charge in [0.05, 0.1) is 11.3 Å². The summed E-state index contributed by atoms with van der Waals surface area (Å²) in [5, 5.41) is 2.97. The largest absolute Gasteiger partial charge is 0.351 e. The topological polar surface area (TPSA) is 37.3 Å². The maximum Gasteiger partial charge on any atom is 0.253 e. The quantitative estimate of drug-likeness (QED) is 0.720. The van der Waals surface area contributed by atoms with Gasteiger partial charge in [0.15, 0.2) is 0 Å². The molecule has 140 valence electrons. The Bertz CT molecular complexity index is 915. The molecular formula is C22H24FN3O. The average Bonchev–Trinajstić information content (AvgIpc) is 3.00. The van der Waals surface area contributed by atoms with E-state index in [1.165, 1.54) is 12.1 Å². The van der Waals surface area contributed by atoms with Gasteiger partial charge in [-0.05, 0) is 69.0 Å². The molecule has 0 atom stereocenters. The number of benzene rings is 2. The molecule has 1 aromatic heterocycles. The molecule has 0 fully saturated rings. The van der Waals surface area contributed by atoms with Crippen molar-refractivity contribution in [1.29, 1.82) is 0 Å². The van der Waals surface area contributed by atoms with Crippen molar-refractivity contribution in [1.82, 2.24) is 14.8 Å². The first-order valence-corrected chi connectivity index (χ1v) is 8.94. The SMILES string of the molecule is Cc1c(C(=O)NCCN(C)C)cc(-c2ccc(F)cc2)n1-c1ccccc1. The summed E-state index contributed by atoms with van der Waals surface area (Å²) in [4.78, 5) is 14.7. The van der Waals surface area contributed by atoms with E-state index in [1.54, 1.807) is 12.1 Å². The second-order valence-electron chi connectivity index (χ2n) is 6.77. The molecule has 3 aromatic rings. The van der Waals surface area contributed by atoms with Crippen LogP contribution in [0, 0.1) is 12.7 Å². The summed E-state index contributed by atoms with van der Waals surface area (Å²) in [7, 11) is 3.94. The zero-order valence-corrected chi connectivity index (χ0v) is 15.9. The van der Waals surface area contributed by atoms with Crippen molar-refractivity contribution in [2.24, 2.45) is 0 Å². The van der Waals surface area contributed by atoms with Gasteiger partial charge in [0.1, 0.15) is 5.82 Å². The summed E-state index contributed by atoms with van der Waals surface area (Å²) in [5.41, 5.74) is 4.15. The number of para-hydroxylation sites is 1. The number of nitrogens with zero attached hydrogens (tertiary/aromatic N) is 2. The van der Waals surface area contributed by atoms with Gasteiger partial charge in [-0.15, -0.1) is 0 Å². The second-order valence-corrected chi connectivity index (χ2v) is 6.77. The highest BCUT2D eigenvalue weighted by Crippen LogP contribution is 2.29. The summed E-state index contributed by atoms with van der Waals surface area (Å²) in [6.45, 7) is 3.28. The van der Waals surface area contributed by atoms with Crippen LogP contribution >= 0.6 is 0 Å². The second kappa shape index (κ2) is 8.18. The van der Waals surface area contributed by atoms with Crippen molar-refractivity contribution in [3.63, 3.8) is 0 Å². The fraction of sp³-hybridized carbons (Fsp3) is 0.227. The van der Waals surface area contributed by atoms with Crippen LogP contribution in [0.25, 0.3) is 16.9 Å². The van der Waals surface area contributed by atoms with Crippen LogP contribution in [0.3, 0.4) is 0 Å². The molecule has 0 unspecified atom stereocenters. The predicted octanol–water partition coefficient (Wildman–Crippen LogP) is 3.88. The Kier molecular flexibility index (Phi) is 5.72. The van der Waals surface area contributed by atoms with Crippen LogP contribution in [0.1, 0.15) is 16.1 Å². The van der Waals surface area contributed by atoms with E-state index in [9.17, 15) is 9.18 Å². The first-order chi connectivity index (χ1) is 13.0. The summed E-state index contributed by atoms with van der Waals surface area (Å²) >= 11 is 0. The molecule has 0 radical (unpaired) electrons. The van der Waals surface area contributed by atoms with Gasteiger partial charge in [-0.3, -0.25) is 4.79 Å². The van der Waals surface area contributed by atoms with Gasteiger partial charge < -0.3 is 14.8 Å². The lowest BCUT2D eigenvalue weighted by molar-refractivity contribution is 0.0950. The molecule has 2 aromatic carbocycles. The number of carbonyl (C=O) groups is 1. The molecule has 0 saturated heterocycles. The molecule has 0 bridgehead atoms. The van der Waals surface area contributed by atoms with Crippen molar-refractivity contribution in [3.05, 3.63) is 77.7 Å². The number of amides is 1. The van der Waals surface area contributed by atoms with Gasteiger partial charge in [0.2, 0.25) is 0 Å². The summed E-state index contributed by atoms with van der Waals surface area (Å²) < 4.78 is 15.4. The fourth-order valence-corrected chi connectivity index (χ4v) is 3.07. The monoisotopic (exact) mass is 365 g/mol. The Morgan fingerprint density at radius 3 is 2.37 bits per heavy atom. The molecule has 0 spiro atoms. The fourth-order valence-electron chi connectivity index (χ4n) is 3.07. The van der Waals surface area contributed by atoms with Gasteiger partial charge >= 0.3 is 0 Å². The van der Waals surface area contributed by atoms with Crippen LogP contribution in [0.4, 0.5) is 4.39 Å². The van der Waals surface area contributed by atoms with E-state index in [1.807, 2.05) is 66.9 Å². The molecule has 1 N–H and O–H groups in total. The van der Waals surface area contributed by atoms with Gasteiger partial charge in [-0.1, -0.05) is 18.2 Å². The molecule has 1 amide bonds. The van der Waals surface area contributed by atoms with Crippen LogP contribution in [-0.2, 0) is 0 Å². The maximum absolute atomic E-state index is 13.4. The van der Waals surface area contributed by atoms with E-state index < -0.39 is 0 Å². The lowest BCUT2D eigenvalue weighted by atomic mass is 10.1. The number of halogens is 1. The average molecular weight is 365 g/mol.